The van der Waals surface area contributed by atoms with Gasteiger partial charge in [0.2, 0.25) is 0 Å². The number of furan rings is 1. The molecule has 0 atom stereocenters. The van der Waals surface area contributed by atoms with E-state index in [-0.39, 0.29) is 23.9 Å². The van der Waals surface area contributed by atoms with Crippen molar-refractivity contribution in [1.82, 2.24) is 4.90 Å². The number of rotatable bonds is 4. The van der Waals surface area contributed by atoms with Crippen LogP contribution in [-0.4, -0.2) is 29.7 Å². The lowest BCUT2D eigenvalue weighted by Crippen LogP contribution is -2.29. The smallest absolute Gasteiger partial charge is 0.261 e. The Labute approximate surface area is 162 Å². The van der Waals surface area contributed by atoms with Crippen molar-refractivity contribution in [2.75, 3.05) is 11.9 Å². The number of nitrogens with zero attached hydrogens (tertiary/aromatic N) is 2. The quantitative estimate of drug-likeness (QED) is 0.654. The van der Waals surface area contributed by atoms with Crippen LogP contribution in [0.25, 0.3) is 0 Å². The molecule has 0 aliphatic carbocycles. The van der Waals surface area contributed by atoms with Gasteiger partial charge in [0.05, 0.1) is 23.9 Å². The largest absolute Gasteiger partial charge is 0.467 e. The minimum absolute atomic E-state index is 0.0613. The molecule has 0 fully saturated rings. The minimum Gasteiger partial charge on any atom is -0.467 e. The Kier molecular flexibility index (Phi) is 4.31. The van der Waals surface area contributed by atoms with E-state index >= 15 is 0 Å². The van der Waals surface area contributed by atoms with Gasteiger partial charge < -0.3 is 9.32 Å². The van der Waals surface area contributed by atoms with Crippen LogP contribution in [0, 0.1) is 6.92 Å². The summed E-state index contributed by atoms with van der Waals surface area (Å²) in [5.74, 6) is -0.546. The number of benzene rings is 2. The lowest BCUT2D eigenvalue weighted by Gasteiger charge is -2.18. The van der Waals surface area contributed by atoms with Crippen LogP contribution >= 0.6 is 0 Å². The third-order valence-electron chi connectivity index (χ3n) is 4.81. The van der Waals surface area contributed by atoms with Gasteiger partial charge in [0, 0.05) is 18.3 Å². The highest BCUT2D eigenvalue weighted by Gasteiger charge is 2.36. The summed E-state index contributed by atoms with van der Waals surface area (Å²) in [6.45, 7) is 2.01. The predicted molar refractivity (Wildman–Crippen MR) is 103 cm³/mol. The molecule has 28 heavy (non-hydrogen) atoms. The highest BCUT2D eigenvalue weighted by atomic mass is 16.3. The lowest BCUT2D eigenvalue weighted by molar-refractivity contribution is 0.0631. The maximum Gasteiger partial charge on any atom is 0.261 e. The monoisotopic (exact) mass is 374 g/mol. The summed E-state index contributed by atoms with van der Waals surface area (Å²) < 4.78 is 5.24. The zero-order valence-electron chi connectivity index (χ0n) is 15.5. The summed E-state index contributed by atoms with van der Waals surface area (Å²) in [6, 6.07) is 15.6. The second kappa shape index (κ2) is 6.81. The SMILES string of the molecule is Cc1cccc(N(C)C(=O)c2ccc3c(c2)C(=O)N(Cc2ccco2)C3=O)c1. The fourth-order valence-electron chi connectivity index (χ4n) is 3.27. The van der Waals surface area contributed by atoms with E-state index in [1.54, 1.807) is 25.2 Å². The molecule has 1 aliphatic heterocycles. The predicted octanol–water partition coefficient (Wildman–Crippen LogP) is 3.66. The molecule has 1 aromatic heterocycles. The lowest BCUT2D eigenvalue weighted by atomic mass is 10.0. The van der Waals surface area contributed by atoms with Crippen molar-refractivity contribution in [3.05, 3.63) is 88.9 Å². The molecule has 6 nitrogen and oxygen atoms in total. The van der Waals surface area contributed by atoms with Crippen LogP contribution in [0.1, 0.15) is 42.4 Å². The van der Waals surface area contributed by atoms with Crippen LogP contribution in [-0.2, 0) is 6.54 Å². The van der Waals surface area contributed by atoms with Crippen molar-refractivity contribution in [2.45, 2.75) is 13.5 Å². The van der Waals surface area contributed by atoms with Crippen LogP contribution in [0.5, 0.6) is 0 Å². The van der Waals surface area contributed by atoms with E-state index in [2.05, 4.69) is 0 Å². The number of amides is 3. The van der Waals surface area contributed by atoms with E-state index in [4.69, 9.17) is 4.42 Å². The van der Waals surface area contributed by atoms with Crippen LogP contribution in [0.3, 0.4) is 0 Å². The summed E-state index contributed by atoms with van der Waals surface area (Å²) in [5.41, 5.74) is 2.68. The summed E-state index contributed by atoms with van der Waals surface area (Å²) in [4.78, 5) is 40.8. The standard InChI is InChI=1S/C22H18N2O4/c1-14-5-3-6-16(11-14)23(2)20(25)15-8-9-18-19(12-15)22(27)24(21(18)26)13-17-7-4-10-28-17/h3-12H,13H2,1-2H3. The van der Waals surface area contributed by atoms with E-state index in [1.165, 1.54) is 23.3 Å². The molecule has 0 radical (unpaired) electrons. The van der Waals surface area contributed by atoms with E-state index < -0.39 is 5.91 Å². The van der Waals surface area contributed by atoms with Crippen molar-refractivity contribution in [3.8, 4) is 0 Å². The summed E-state index contributed by atoms with van der Waals surface area (Å²) in [6.07, 6.45) is 1.49. The first kappa shape index (κ1) is 17.7. The van der Waals surface area contributed by atoms with Crippen LogP contribution in [0.4, 0.5) is 5.69 Å². The fraction of sp³-hybridized carbons (Fsp3) is 0.136. The molecule has 0 spiro atoms. The van der Waals surface area contributed by atoms with Gasteiger partial charge in [-0.2, -0.15) is 0 Å². The van der Waals surface area contributed by atoms with E-state index in [9.17, 15) is 14.4 Å². The molecule has 3 aromatic rings. The molecule has 0 saturated carbocycles. The summed E-state index contributed by atoms with van der Waals surface area (Å²) in [7, 11) is 1.68. The van der Waals surface area contributed by atoms with Gasteiger partial charge in [0.25, 0.3) is 17.7 Å². The summed E-state index contributed by atoms with van der Waals surface area (Å²) >= 11 is 0. The third kappa shape index (κ3) is 2.99. The maximum absolute atomic E-state index is 12.9. The second-order valence-corrected chi connectivity index (χ2v) is 6.74. The number of aryl methyl sites for hydroxylation is 1. The van der Waals surface area contributed by atoms with Gasteiger partial charge in [0.1, 0.15) is 5.76 Å². The highest BCUT2D eigenvalue weighted by molar-refractivity contribution is 6.22. The first-order valence-electron chi connectivity index (χ1n) is 8.83. The van der Waals surface area contributed by atoms with Gasteiger partial charge in [-0.1, -0.05) is 12.1 Å². The van der Waals surface area contributed by atoms with Crippen LogP contribution in [0.2, 0.25) is 0 Å². The number of imide groups is 1. The van der Waals surface area contributed by atoms with Gasteiger partial charge in [-0.3, -0.25) is 19.3 Å². The minimum atomic E-state index is -0.427. The average molecular weight is 374 g/mol. The Morgan fingerprint density at radius 2 is 1.79 bits per heavy atom. The number of carbonyl (C=O) groups excluding carboxylic acids is 3. The zero-order valence-corrected chi connectivity index (χ0v) is 15.5. The molecular formula is C22H18N2O4. The fourth-order valence-corrected chi connectivity index (χ4v) is 3.27. The van der Waals surface area contributed by atoms with E-state index in [1.807, 2.05) is 31.2 Å². The molecular weight excluding hydrogens is 356 g/mol. The van der Waals surface area contributed by atoms with Crippen molar-refractivity contribution in [3.63, 3.8) is 0 Å². The maximum atomic E-state index is 12.9. The van der Waals surface area contributed by atoms with Gasteiger partial charge in [0.15, 0.2) is 0 Å². The van der Waals surface area contributed by atoms with Crippen molar-refractivity contribution in [2.24, 2.45) is 0 Å². The second-order valence-electron chi connectivity index (χ2n) is 6.74. The molecule has 0 unspecified atom stereocenters. The van der Waals surface area contributed by atoms with E-state index in [0.29, 0.717) is 16.9 Å². The molecule has 1 aliphatic rings. The van der Waals surface area contributed by atoms with Crippen molar-refractivity contribution < 1.29 is 18.8 Å². The van der Waals surface area contributed by atoms with E-state index in [0.717, 1.165) is 16.2 Å². The van der Waals surface area contributed by atoms with Crippen LogP contribution < -0.4 is 4.90 Å². The van der Waals surface area contributed by atoms with Crippen molar-refractivity contribution in [1.29, 1.82) is 0 Å². The molecule has 2 aromatic carbocycles. The average Bonchev–Trinajstić information content (AvgIpc) is 3.30. The Hall–Kier alpha value is -3.67. The molecule has 140 valence electrons. The first-order valence-corrected chi connectivity index (χ1v) is 8.83. The zero-order chi connectivity index (χ0) is 19.8. The van der Waals surface area contributed by atoms with Crippen LogP contribution in [0.15, 0.2) is 65.3 Å². The Balaban J connectivity index is 1.62. The molecule has 3 amide bonds. The van der Waals surface area contributed by atoms with Gasteiger partial charge >= 0.3 is 0 Å². The number of hydrogen-bond acceptors (Lipinski definition) is 4. The first-order chi connectivity index (χ1) is 13.5. The molecule has 0 N–H and O–H groups in total. The van der Waals surface area contributed by atoms with Crippen molar-refractivity contribution >= 4 is 23.4 Å². The highest BCUT2D eigenvalue weighted by Crippen LogP contribution is 2.27. The van der Waals surface area contributed by atoms with Gasteiger partial charge in [-0.15, -0.1) is 0 Å². The third-order valence-corrected chi connectivity index (χ3v) is 4.81. The number of anilines is 1. The molecule has 6 heteroatoms. The Morgan fingerprint density at radius 1 is 1.00 bits per heavy atom. The topological polar surface area (TPSA) is 70.8 Å². The Bertz CT molecular complexity index is 1090. The molecule has 4 rings (SSSR count). The number of carbonyl (C=O) groups is 3. The molecule has 2 heterocycles. The molecule has 0 saturated heterocycles. The summed E-state index contributed by atoms with van der Waals surface area (Å²) in [5, 5.41) is 0. The molecule has 0 bridgehead atoms. The normalized spacial score (nSPS) is 13.0. The van der Waals surface area contributed by atoms with Gasteiger partial charge in [-0.25, -0.2) is 0 Å². The number of fused-ring (bicyclic) bond motifs is 1. The number of hydrogen-bond donors (Lipinski definition) is 0. The Morgan fingerprint density at radius 3 is 2.50 bits per heavy atom. The van der Waals surface area contributed by atoms with Gasteiger partial charge in [-0.05, 0) is 55.0 Å².